The molecule has 1 atom stereocenters. The highest BCUT2D eigenvalue weighted by molar-refractivity contribution is 9.09. The molecule has 1 aromatic carbocycles. The van der Waals surface area contributed by atoms with Gasteiger partial charge in [0.25, 0.3) is 0 Å². The molecule has 18 heavy (non-hydrogen) atoms. The van der Waals surface area contributed by atoms with Crippen molar-refractivity contribution >= 4 is 33.5 Å². The Kier molecular flexibility index (Phi) is 3.71. The van der Waals surface area contributed by atoms with Crippen LogP contribution in [0.25, 0.3) is 0 Å². The second-order valence-electron chi connectivity index (χ2n) is 4.30. The van der Waals surface area contributed by atoms with Gasteiger partial charge >= 0.3 is 5.97 Å². The summed E-state index contributed by atoms with van der Waals surface area (Å²) in [5, 5.41) is 0. The number of halogens is 1. The number of carbonyl (C=O) groups is 2. The second kappa shape index (κ2) is 5.10. The van der Waals surface area contributed by atoms with Gasteiger partial charge in [-0.15, -0.1) is 0 Å². The number of amides is 1. The summed E-state index contributed by atoms with van der Waals surface area (Å²) in [4.78, 5) is 25.2. The summed E-state index contributed by atoms with van der Waals surface area (Å²) in [6.45, 7) is 2.55. The van der Waals surface area contributed by atoms with Gasteiger partial charge < -0.3 is 9.64 Å². The lowest BCUT2D eigenvalue weighted by atomic mass is 10.1. The Balaban J connectivity index is 2.30. The van der Waals surface area contributed by atoms with Crippen LogP contribution in [0.5, 0.6) is 0 Å². The van der Waals surface area contributed by atoms with Crippen molar-refractivity contribution in [3.8, 4) is 0 Å². The van der Waals surface area contributed by atoms with Gasteiger partial charge in [-0.2, -0.15) is 0 Å². The minimum atomic E-state index is -0.365. The zero-order chi connectivity index (χ0) is 13.3. The number of methoxy groups -OCH3 is 1. The Morgan fingerprint density at radius 1 is 1.50 bits per heavy atom. The number of esters is 1. The Hall–Kier alpha value is -1.36. The van der Waals surface area contributed by atoms with Crippen molar-refractivity contribution in [1.29, 1.82) is 0 Å². The summed E-state index contributed by atoms with van der Waals surface area (Å²) < 4.78 is 4.67. The second-order valence-corrected chi connectivity index (χ2v) is 5.59. The lowest BCUT2D eigenvalue weighted by molar-refractivity contribution is -0.117. The van der Waals surface area contributed by atoms with E-state index < -0.39 is 0 Å². The maximum Gasteiger partial charge on any atom is 0.337 e. The minimum Gasteiger partial charge on any atom is -0.465 e. The van der Waals surface area contributed by atoms with Crippen molar-refractivity contribution in [3.63, 3.8) is 0 Å². The average molecular weight is 312 g/mol. The molecule has 1 fully saturated rings. The molecule has 1 aromatic rings. The monoisotopic (exact) mass is 311 g/mol. The van der Waals surface area contributed by atoms with Gasteiger partial charge in [0.1, 0.15) is 0 Å². The molecule has 0 aromatic heterocycles. The quantitative estimate of drug-likeness (QED) is 0.622. The van der Waals surface area contributed by atoms with Crippen LogP contribution in [0.15, 0.2) is 18.2 Å². The van der Waals surface area contributed by atoms with Crippen molar-refractivity contribution in [2.24, 2.45) is 0 Å². The van der Waals surface area contributed by atoms with Crippen LogP contribution in [-0.2, 0) is 9.53 Å². The SMILES string of the molecule is COC(=O)c1ccc(N2CC(Br)CC2=O)c(C)c1. The first-order valence-corrected chi connectivity index (χ1v) is 6.58. The Morgan fingerprint density at radius 2 is 2.22 bits per heavy atom. The average Bonchev–Trinajstić information content (AvgIpc) is 2.67. The van der Waals surface area contributed by atoms with E-state index in [1.54, 1.807) is 23.1 Å². The summed E-state index contributed by atoms with van der Waals surface area (Å²) in [5.74, 6) is -0.262. The van der Waals surface area contributed by atoms with Gasteiger partial charge in [-0.1, -0.05) is 15.9 Å². The van der Waals surface area contributed by atoms with Gasteiger partial charge in [0.05, 0.1) is 12.7 Å². The van der Waals surface area contributed by atoms with Crippen molar-refractivity contribution in [1.82, 2.24) is 0 Å². The van der Waals surface area contributed by atoms with Gasteiger partial charge in [-0.25, -0.2) is 4.79 Å². The van der Waals surface area contributed by atoms with Crippen LogP contribution >= 0.6 is 15.9 Å². The number of benzene rings is 1. The first kappa shape index (κ1) is 13.1. The molecule has 0 N–H and O–H groups in total. The van der Waals surface area contributed by atoms with E-state index in [0.29, 0.717) is 18.5 Å². The molecule has 0 spiro atoms. The molecular weight excluding hydrogens is 298 g/mol. The fourth-order valence-electron chi connectivity index (χ4n) is 2.10. The van der Waals surface area contributed by atoms with Crippen LogP contribution in [-0.4, -0.2) is 30.4 Å². The Bertz CT molecular complexity index is 501. The standard InChI is InChI=1S/C13H14BrNO3/c1-8-5-9(13(17)18-2)3-4-11(8)15-7-10(14)6-12(15)16/h3-5,10H,6-7H2,1-2H3. The Morgan fingerprint density at radius 3 is 2.72 bits per heavy atom. The first-order chi connectivity index (χ1) is 8.52. The van der Waals surface area contributed by atoms with Crippen molar-refractivity contribution in [2.45, 2.75) is 18.2 Å². The topological polar surface area (TPSA) is 46.6 Å². The van der Waals surface area contributed by atoms with E-state index in [1.807, 2.05) is 6.92 Å². The van der Waals surface area contributed by atoms with Crippen molar-refractivity contribution in [3.05, 3.63) is 29.3 Å². The Labute approximate surface area is 114 Å². The summed E-state index contributed by atoms with van der Waals surface area (Å²) in [5.41, 5.74) is 2.25. The van der Waals surface area contributed by atoms with E-state index in [1.165, 1.54) is 7.11 Å². The molecule has 0 saturated carbocycles. The molecule has 1 aliphatic heterocycles. The molecule has 1 unspecified atom stereocenters. The van der Waals surface area contributed by atoms with Gasteiger partial charge in [0, 0.05) is 23.5 Å². The number of hydrogen-bond donors (Lipinski definition) is 0. The minimum absolute atomic E-state index is 0.103. The van der Waals surface area contributed by atoms with Crippen LogP contribution in [0.2, 0.25) is 0 Å². The van der Waals surface area contributed by atoms with E-state index in [-0.39, 0.29) is 16.7 Å². The molecule has 1 heterocycles. The molecule has 2 rings (SSSR count). The highest BCUT2D eigenvalue weighted by Gasteiger charge is 2.29. The molecule has 1 aliphatic rings. The molecule has 4 nitrogen and oxygen atoms in total. The van der Waals surface area contributed by atoms with Crippen LogP contribution in [0.4, 0.5) is 5.69 Å². The summed E-state index contributed by atoms with van der Waals surface area (Å²) in [7, 11) is 1.35. The van der Waals surface area contributed by atoms with E-state index in [4.69, 9.17) is 0 Å². The number of alkyl halides is 1. The van der Waals surface area contributed by atoms with Crippen molar-refractivity contribution in [2.75, 3.05) is 18.6 Å². The molecule has 96 valence electrons. The summed E-state index contributed by atoms with van der Waals surface area (Å²) >= 11 is 3.45. The third-order valence-corrected chi connectivity index (χ3v) is 3.60. The van der Waals surface area contributed by atoms with Gasteiger partial charge in [-0.3, -0.25) is 4.79 Å². The van der Waals surface area contributed by atoms with Gasteiger partial charge in [-0.05, 0) is 30.7 Å². The molecule has 0 aliphatic carbocycles. The summed E-state index contributed by atoms with van der Waals surface area (Å²) in [6.07, 6.45) is 0.512. The van der Waals surface area contributed by atoms with Crippen molar-refractivity contribution < 1.29 is 14.3 Å². The lowest BCUT2D eigenvalue weighted by Gasteiger charge is -2.18. The number of anilines is 1. The molecule has 0 radical (unpaired) electrons. The molecule has 1 amide bonds. The zero-order valence-corrected chi connectivity index (χ0v) is 11.9. The predicted molar refractivity (Wildman–Crippen MR) is 72.2 cm³/mol. The number of carbonyl (C=O) groups excluding carboxylic acids is 2. The van der Waals surface area contributed by atoms with Crippen LogP contribution in [0.1, 0.15) is 22.3 Å². The fraction of sp³-hybridized carbons (Fsp3) is 0.385. The first-order valence-electron chi connectivity index (χ1n) is 5.66. The predicted octanol–water partition coefficient (Wildman–Crippen LogP) is 2.28. The third-order valence-electron chi connectivity index (χ3n) is 2.99. The lowest BCUT2D eigenvalue weighted by Crippen LogP contribution is -2.25. The summed E-state index contributed by atoms with van der Waals surface area (Å²) in [6, 6.07) is 5.23. The van der Waals surface area contributed by atoms with E-state index in [2.05, 4.69) is 20.7 Å². The van der Waals surface area contributed by atoms with Crippen LogP contribution in [0.3, 0.4) is 0 Å². The highest BCUT2D eigenvalue weighted by atomic mass is 79.9. The normalized spacial score (nSPS) is 19.2. The molecule has 5 heteroatoms. The molecular formula is C13H14BrNO3. The number of aryl methyl sites for hydroxylation is 1. The fourth-order valence-corrected chi connectivity index (χ4v) is 2.67. The maximum absolute atomic E-state index is 11.8. The number of nitrogens with zero attached hydrogens (tertiary/aromatic N) is 1. The maximum atomic E-state index is 11.8. The zero-order valence-electron chi connectivity index (χ0n) is 10.3. The number of ether oxygens (including phenoxy) is 1. The van der Waals surface area contributed by atoms with Crippen LogP contribution in [0, 0.1) is 6.92 Å². The van der Waals surface area contributed by atoms with Crippen LogP contribution < -0.4 is 4.90 Å². The van der Waals surface area contributed by atoms with E-state index in [9.17, 15) is 9.59 Å². The third kappa shape index (κ3) is 2.41. The smallest absolute Gasteiger partial charge is 0.337 e. The van der Waals surface area contributed by atoms with Gasteiger partial charge in [0.15, 0.2) is 0 Å². The van der Waals surface area contributed by atoms with E-state index >= 15 is 0 Å². The largest absolute Gasteiger partial charge is 0.465 e. The molecule has 1 saturated heterocycles. The van der Waals surface area contributed by atoms with Gasteiger partial charge in [0.2, 0.25) is 5.91 Å². The number of rotatable bonds is 2. The number of hydrogen-bond acceptors (Lipinski definition) is 3. The molecule has 0 bridgehead atoms. The highest BCUT2D eigenvalue weighted by Crippen LogP contribution is 2.28. The van der Waals surface area contributed by atoms with E-state index in [0.717, 1.165) is 11.3 Å².